The zero-order valence-electron chi connectivity index (χ0n) is 14.8. The summed E-state index contributed by atoms with van der Waals surface area (Å²) in [7, 11) is 2.11. The van der Waals surface area contributed by atoms with Gasteiger partial charge in [-0.25, -0.2) is 0 Å². The van der Waals surface area contributed by atoms with Crippen LogP contribution in [-0.4, -0.2) is 35.4 Å². The molecule has 2 aliphatic rings. The smallest absolute Gasteiger partial charge is 0.161 e. The van der Waals surface area contributed by atoms with Gasteiger partial charge >= 0.3 is 0 Å². The number of fused-ring (bicyclic) bond motifs is 2. The van der Waals surface area contributed by atoms with Crippen molar-refractivity contribution in [2.75, 3.05) is 13.6 Å². The Kier molecular flexibility index (Phi) is 4.65. The monoisotopic (exact) mass is 459 g/mol. The van der Waals surface area contributed by atoms with Crippen LogP contribution >= 0.6 is 22.6 Å². The zero-order valence-corrected chi connectivity index (χ0v) is 16.9. The number of phenolic OH excluding ortho intramolecular Hbond substituents is 1. The Labute approximate surface area is 167 Å². The van der Waals surface area contributed by atoms with E-state index in [1.807, 2.05) is 18.2 Å². The Hall–Kier alpha value is -1.66. The van der Waals surface area contributed by atoms with Crippen LogP contribution in [0.25, 0.3) is 6.08 Å². The minimum absolute atomic E-state index is 0.130. The summed E-state index contributed by atoms with van der Waals surface area (Å²) < 4.78 is 1.17. The number of benzene rings is 2. The standard InChI is InChI=1S/C22H22INO2/c1-24-9-8-22(16-5-3-7-18(25)12-16)13-20(24)19(21(26)14-22)11-15-4-2-6-17(23)10-15/h2-7,10-12,20,25H,8-9,13-14H2,1H3/b19-11+/t20-,22-/m1/s1. The first-order chi connectivity index (χ1) is 12.5. The molecule has 2 fully saturated rings. The molecule has 0 amide bonds. The second-order valence-corrected chi connectivity index (χ2v) is 8.78. The predicted octanol–water partition coefficient (Wildman–Crippen LogP) is 4.39. The van der Waals surface area contributed by atoms with Crippen molar-refractivity contribution in [1.82, 2.24) is 4.90 Å². The summed E-state index contributed by atoms with van der Waals surface area (Å²) in [6.45, 7) is 0.956. The van der Waals surface area contributed by atoms with Crippen LogP contribution in [0.2, 0.25) is 0 Å². The van der Waals surface area contributed by atoms with Crippen LogP contribution in [0.4, 0.5) is 0 Å². The van der Waals surface area contributed by atoms with E-state index >= 15 is 0 Å². The maximum atomic E-state index is 13.1. The van der Waals surface area contributed by atoms with Gasteiger partial charge in [-0.3, -0.25) is 9.69 Å². The number of rotatable bonds is 2. The largest absolute Gasteiger partial charge is 0.508 e. The highest BCUT2D eigenvalue weighted by Crippen LogP contribution is 2.47. The minimum Gasteiger partial charge on any atom is -0.508 e. The van der Waals surface area contributed by atoms with Crippen LogP contribution in [0, 0.1) is 3.57 Å². The third-order valence-electron chi connectivity index (χ3n) is 5.87. The van der Waals surface area contributed by atoms with Crippen molar-refractivity contribution in [2.24, 2.45) is 0 Å². The van der Waals surface area contributed by atoms with Gasteiger partial charge in [0.1, 0.15) is 5.75 Å². The molecule has 1 heterocycles. The number of nitrogens with zero attached hydrogens (tertiary/aromatic N) is 1. The highest BCUT2D eigenvalue weighted by Gasteiger charge is 2.48. The molecule has 0 radical (unpaired) electrons. The molecule has 2 aromatic rings. The van der Waals surface area contributed by atoms with Gasteiger partial charge < -0.3 is 5.11 Å². The average molecular weight is 459 g/mol. The Morgan fingerprint density at radius 2 is 2.04 bits per heavy atom. The van der Waals surface area contributed by atoms with Crippen LogP contribution in [-0.2, 0) is 10.2 Å². The lowest BCUT2D eigenvalue weighted by Crippen LogP contribution is -2.53. The number of likely N-dealkylation sites (N-methyl/N-ethyl adjacent to an activating group) is 1. The normalized spacial score (nSPS) is 27.7. The molecule has 3 nitrogen and oxygen atoms in total. The van der Waals surface area contributed by atoms with Crippen LogP contribution in [0.1, 0.15) is 30.4 Å². The number of halogens is 1. The first-order valence-corrected chi connectivity index (χ1v) is 10.0. The average Bonchev–Trinajstić information content (AvgIpc) is 2.61. The van der Waals surface area contributed by atoms with E-state index in [-0.39, 0.29) is 23.0 Å². The number of ketones is 1. The summed E-state index contributed by atoms with van der Waals surface area (Å²) in [6.07, 6.45) is 4.47. The van der Waals surface area contributed by atoms with Crippen LogP contribution in [0.3, 0.4) is 0 Å². The van der Waals surface area contributed by atoms with Gasteiger partial charge in [-0.1, -0.05) is 24.3 Å². The van der Waals surface area contributed by atoms with Crippen molar-refractivity contribution in [1.29, 1.82) is 0 Å². The molecule has 0 aromatic heterocycles. The van der Waals surface area contributed by atoms with E-state index in [9.17, 15) is 9.90 Å². The molecule has 1 N–H and O–H groups in total. The third-order valence-corrected chi connectivity index (χ3v) is 6.54. The summed E-state index contributed by atoms with van der Waals surface area (Å²) in [5.41, 5.74) is 2.95. The van der Waals surface area contributed by atoms with Crippen molar-refractivity contribution in [3.8, 4) is 5.75 Å². The van der Waals surface area contributed by atoms with Gasteiger partial charge in [0.15, 0.2) is 5.78 Å². The van der Waals surface area contributed by atoms with E-state index < -0.39 is 0 Å². The van der Waals surface area contributed by atoms with Crippen LogP contribution in [0.15, 0.2) is 54.1 Å². The predicted molar refractivity (Wildman–Crippen MR) is 112 cm³/mol. The Balaban J connectivity index is 1.73. The topological polar surface area (TPSA) is 40.5 Å². The first kappa shape index (κ1) is 17.7. The molecular formula is C22H22INO2. The summed E-state index contributed by atoms with van der Waals surface area (Å²) in [4.78, 5) is 15.5. The summed E-state index contributed by atoms with van der Waals surface area (Å²) in [5, 5.41) is 9.92. The maximum Gasteiger partial charge on any atom is 0.161 e. The number of hydrogen-bond acceptors (Lipinski definition) is 3. The van der Waals surface area contributed by atoms with Gasteiger partial charge in [-0.05, 0) is 90.5 Å². The van der Waals surface area contributed by atoms with E-state index in [4.69, 9.17) is 0 Å². The second kappa shape index (κ2) is 6.82. The second-order valence-electron chi connectivity index (χ2n) is 7.54. The SMILES string of the molecule is CN1CC[C@]2(c3cccc(O)c3)CC(=O)/C(=C/c3cccc(I)c3)[C@H]1C2. The molecule has 2 bridgehead atoms. The molecule has 0 unspecified atom stereocenters. The number of piperidine rings is 1. The fourth-order valence-corrected chi connectivity index (χ4v) is 5.00. The van der Waals surface area contributed by atoms with Crippen molar-refractivity contribution in [3.63, 3.8) is 0 Å². The number of carbonyl (C=O) groups is 1. The molecule has 1 aliphatic carbocycles. The van der Waals surface area contributed by atoms with Crippen molar-refractivity contribution >= 4 is 34.5 Å². The first-order valence-electron chi connectivity index (χ1n) is 8.97. The van der Waals surface area contributed by atoms with Gasteiger partial charge in [0.25, 0.3) is 0 Å². The van der Waals surface area contributed by atoms with E-state index in [0.29, 0.717) is 6.42 Å². The van der Waals surface area contributed by atoms with Crippen LogP contribution < -0.4 is 0 Å². The fourth-order valence-electron chi connectivity index (χ4n) is 4.43. The van der Waals surface area contributed by atoms with E-state index in [1.54, 1.807) is 6.07 Å². The van der Waals surface area contributed by atoms with Gasteiger partial charge in [0.05, 0.1) is 0 Å². The van der Waals surface area contributed by atoms with Crippen molar-refractivity contribution in [2.45, 2.75) is 30.7 Å². The molecular weight excluding hydrogens is 437 g/mol. The number of likely N-dealkylation sites (tertiary alicyclic amines) is 1. The van der Waals surface area contributed by atoms with Crippen molar-refractivity contribution in [3.05, 3.63) is 68.8 Å². The lowest BCUT2D eigenvalue weighted by molar-refractivity contribution is -0.120. The molecule has 1 aliphatic heterocycles. The summed E-state index contributed by atoms with van der Waals surface area (Å²) in [6, 6.07) is 15.9. The molecule has 134 valence electrons. The molecule has 26 heavy (non-hydrogen) atoms. The summed E-state index contributed by atoms with van der Waals surface area (Å²) >= 11 is 2.30. The Bertz CT molecular complexity index is 891. The fraction of sp³-hybridized carbons (Fsp3) is 0.318. The number of aromatic hydroxyl groups is 1. The molecule has 4 heteroatoms. The molecule has 1 saturated carbocycles. The van der Waals surface area contributed by atoms with Gasteiger partial charge in [0, 0.05) is 27.0 Å². The lowest BCUT2D eigenvalue weighted by atomic mass is 9.61. The van der Waals surface area contributed by atoms with E-state index in [0.717, 1.165) is 36.1 Å². The lowest BCUT2D eigenvalue weighted by Gasteiger charge is -2.50. The van der Waals surface area contributed by atoms with E-state index in [1.165, 1.54) is 3.57 Å². The Morgan fingerprint density at radius 3 is 2.81 bits per heavy atom. The summed E-state index contributed by atoms with van der Waals surface area (Å²) in [5.74, 6) is 0.509. The van der Waals surface area contributed by atoms with Gasteiger partial charge in [0.2, 0.25) is 0 Å². The Morgan fingerprint density at radius 1 is 1.23 bits per heavy atom. The zero-order chi connectivity index (χ0) is 18.3. The number of phenols is 1. The van der Waals surface area contributed by atoms with Gasteiger partial charge in [-0.15, -0.1) is 0 Å². The van der Waals surface area contributed by atoms with E-state index in [2.05, 4.69) is 64.9 Å². The number of hydrogen-bond donors (Lipinski definition) is 1. The highest BCUT2D eigenvalue weighted by atomic mass is 127. The molecule has 4 rings (SSSR count). The molecule has 1 saturated heterocycles. The molecule has 2 atom stereocenters. The minimum atomic E-state index is -0.157. The molecule has 0 spiro atoms. The van der Waals surface area contributed by atoms with Crippen LogP contribution in [0.5, 0.6) is 5.75 Å². The number of carbonyl (C=O) groups excluding carboxylic acids is 1. The van der Waals surface area contributed by atoms with Gasteiger partial charge in [-0.2, -0.15) is 0 Å². The highest BCUT2D eigenvalue weighted by molar-refractivity contribution is 14.1. The maximum absolute atomic E-state index is 13.1. The molecule has 2 aromatic carbocycles. The third kappa shape index (κ3) is 3.21. The quantitative estimate of drug-likeness (QED) is 0.535. The number of Topliss-reactive ketones (excluding diaryl/α,β-unsaturated/α-hetero) is 1. The van der Waals surface area contributed by atoms with Crippen molar-refractivity contribution < 1.29 is 9.90 Å².